The number of ether oxygens (including phenoxy) is 1. The van der Waals surface area contributed by atoms with Gasteiger partial charge in [-0.2, -0.15) is 0 Å². The number of hydrogen-bond acceptors (Lipinski definition) is 6. The molecule has 2 aromatic rings. The van der Waals surface area contributed by atoms with Gasteiger partial charge in [-0.1, -0.05) is 30.3 Å². The van der Waals surface area contributed by atoms with Crippen molar-refractivity contribution in [1.82, 2.24) is 10.4 Å². The first kappa shape index (κ1) is 24.3. The van der Waals surface area contributed by atoms with Crippen molar-refractivity contribution in [1.29, 1.82) is 0 Å². The minimum absolute atomic E-state index is 0.106. The summed E-state index contributed by atoms with van der Waals surface area (Å²) in [6.45, 7) is 1.40. The van der Waals surface area contributed by atoms with Gasteiger partial charge in [0.2, 0.25) is 5.91 Å². The molecule has 2 amide bonds. The predicted octanol–water partition coefficient (Wildman–Crippen LogP) is 1.96. The number of piperazine rings is 1. The first-order chi connectivity index (χ1) is 15.7. The minimum Gasteiger partial charge on any atom is -0.406 e. The number of nitrogens with one attached hydrogen (secondary N) is 1. The lowest BCUT2D eigenvalue weighted by Gasteiger charge is -2.38. The van der Waals surface area contributed by atoms with Crippen LogP contribution in [-0.4, -0.2) is 65.7 Å². The topological polar surface area (TPSA) is 102 Å². The van der Waals surface area contributed by atoms with Crippen LogP contribution >= 0.6 is 0 Å². The van der Waals surface area contributed by atoms with Crippen LogP contribution in [0.25, 0.3) is 0 Å². The Hall–Kier alpha value is -3.31. The molecule has 0 bridgehead atoms. The maximum absolute atomic E-state index is 13.1. The summed E-state index contributed by atoms with van der Waals surface area (Å²) in [5.74, 6) is -2.91. The Bertz CT molecular complexity index is 933. The van der Waals surface area contributed by atoms with Gasteiger partial charge >= 0.3 is 6.36 Å². The SMILES string of the molecule is O=C(NO)C(O)C(Cc1ccccc1)C(=O)N1CCN(c2ccc(OC(F)(F)F)cc2)CC1. The fourth-order valence-electron chi connectivity index (χ4n) is 3.73. The van der Waals surface area contributed by atoms with Crippen molar-refractivity contribution < 1.29 is 37.8 Å². The number of hydroxylamine groups is 1. The van der Waals surface area contributed by atoms with Crippen LogP contribution < -0.4 is 15.1 Å². The molecule has 1 aliphatic heterocycles. The van der Waals surface area contributed by atoms with E-state index < -0.39 is 30.2 Å². The molecule has 178 valence electrons. The van der Waals surface area contributed by atoms with Crippen molar-refractivity contribution in [2.24, 2.45) is 5.92 Å². The number of aliphatic hydroxyl groups excluding tert-OH is 1. The van der Waals surface area contributed by atoms with Crippen LogP contribution in [0.15, 0.2) is 54.6 Å². The summed E-state index contributed by atoms with van der Waals surface area (Å²) < 4.78 is 40.8. The Balaban J connectivity index is 1.64. The zero-order valence-corrected chi connectivity index (χ0v) is 17.5. The second-order valence-electron chi connectivity index (χ2n) is 7.57. The Morgan fingerprint density at radius 3 is 2.15 bits per heavy atom. The zero-order chi connectivity index (χ0) is 24.0. The van der Waals surface area contributed by atoms with Crippen molar-refractivity contribution in [3.05, 3.63) is 60.2 Å². The number of hydrogen-bond donors (Lipinski definition) is 3. The van der Waals surface area contributed by atoms with Crippen LogP contribution in [0.2, 0.25) is 0 Å². The summed E-state index contributed by atoms with van der Waals surface area (Å²) in [6, 6.07) is 14.4. The molecule has 3 rings (SSSR count). The van der Waals surface area contributed by atoms with E-state index >= 15 is 0 Å². The average Bonchev–Trinajstić information content (AvgIpc) is 2.81. The molecule has 0 spiro atoms. The van der Waals surface area contributed by atoms with Gasteiger partial charge in [0.15, 0.2) is 0 Å². The Morgan fingerprint density at radius 2 is 1.61 bits per heavy atom. The molecule has 3 N–H and O–H groups in total. The maximum atomic E-state index is 13.1. The van der Waals surface area contributed by atoms with E-state index in [2.05, 4.69) is 4.74 Å². The summed E-state index contributed by atoms with van der Waals surface area (Å²) >= 11 is 0. The highest BCUT2D eigenvalue weighted by atomic mass is 19.4. The molecule has 2 unspecified atom stereocenters. The van der Waals surface area contributed by atoms with E-state index in [1.807, 2.05) is 4.90 Å². The Kier molecular flexibility index (Phi) is 7.77. The van der Waals surface area contributed by atoms with E-state index in [9.17, 15) is 27.9 Å². The van der Waals surface area contributed by atoms with Crippen LogP contribution in [0.3, 0.4) is 0 Å². The number of aliphatic hydroxyl groups is 1. The Labute approximate surface area is 188 Å². The highest BCUT2D eigenvalue weighted by Crippen LogP contribution is 2.26. The van der Waals surface area contributed by atoms with Gasteiger partial charge in [0.25, 0.3) is 5.91 Å². The van der Waals surface area contributed by atoms with E-state index in [1.54, 1.807) is 30.3 Å². The first-order valence-corrected chi connectivity index (χ1v) is 10.2. The number of amides is 2. The van der Waals surface area contributed by atoms with E-state index in [0.29, 0.717) is 31.9 Å². The van der Waals surface area contributed by atoms with E-state index in [-0.39, 0.29) is 12.2 Å². The third-order valence-corrected chi connectivity index (χ3v) is 5.40. The van der Waals surface area contributed by atoms with Gasteiger partial charge in [-0.05, 0) is 36.2 Å². The van der Waals surface area contributed by atoms with E-state index in [4.69, 9.17) is 5.21 Å². The van der Waals surface area contributed by atoms with Gasteiger partial charge in [0, 0.05) is 31.9 Å². The molecule has 1 fully saturated rings. The number of rotatable bonds is 7. The normalized spacial score (nSPS) is 16.2. The molecule has 8 nitrogen and oxygen atoms in total. The maximum Gasteiger partial charge on any atom is 0.573 e. The molecule has 1 aliphatic rings. The molecule has 0 saturated carbocycles. The van der Waals surface area contributed by atoms with Gasteiger partial charge < -0.3 is 19.6 Å². The second-order valence-corrected chi connectivity index (χ2v) is 7.57. The molecule has 0 aliphatic carbocycles. The third-order valence-electron chi connectivity index (χ3n) is 5.40. The molecular weight excluding hydrogens is 443 g/mol. The number of benzene rings is 2. The lowest BCUT2D eigenvalue weighted by atomic mass is 9.91. The van der Waals surface area contributed by atoms with Gasteiger partial charge in [-0.15, -0.1) is 13.2 Å². The van der Waals surface area contributed by atoms with Gasteiger partial charge in [0.05, 0.1) is 5.92 Å². The van der Waals surface area contributed by atoms with Crippen molar-refractivity contribution in [3.63, 3.8) is 0 Å². The smallest absolute Gasteiger partial charge is 0.406 e. The van der Waals surface area contributed by atoms with Crippen molar-refractivity contribution >= 4 is 17.5 Å². The molecule has 33 heavy (non-hydrogen) atoms. The molecule has 0 aromatic heterocycles. The largest absolute Gasteiger partial charge is 0.573 e. The lowest BCUT2D eigenvalue weighted by molar-refractivity contribution is -0.274. The molecule has 2 atom stereocenters. The number of alkyl halides is 3. The average molecular weight is 467 g/mol. The van der Waals surface area contributed by atoms with Crippen molar-refractivity contribution in [2.75, 3.05) is 31.1 Å². The highest BCUT2D eigenvalue weighted by molar-refractivity contribution is 5.89. The molecule has 0 radical (unpaired) electrons. The van der Waals surface area contributed by atoms with Crippen LogP contribution in [-0.2, 0) is 16.0 Å². The van der Waals surface area contributed by atoms with E-state index in [0.717, 1.165) is 5.56 Å². The van der Waals surface area contributed by atoms with Crippen LogP contribution in [0.1, 0.15) is 5.56 Å². The van der Waals surface area contributed by atoms with Gasteiger partial charge in [-0.3, -0.25) is 14.8 Å². The standard InChI is InChI=1S/C22H24F3N3O5/c23-22(24,25)33-17-8-6-16(7-9-17)27-10-12-28(13-11-27)21(31)18(19(29)20(30)26-32)14-15-4-2-1-3-5-15/h1-9,18-19,29,32H,10-14H2,(H,26,30). The fraction of sp³-hybridized carbons (Fsp3) is 0.364. The number of anilines is 1. The highest BCUT2D eigenvalue weighted by Gasteiger charge is 2.36. The summed E-state index contributed by atoms with van der Waals surface area (Å²) in [4.78, 5) is 28.4. The summed E-state index contributed by atoms with van der Waals surface area (Å²) in [5.41, 5.74) is 2.82. The van der Waals surface area contributed by atoms with E-state index in [1.165, 1.54) is 34.6 Å². The fourth-order valence-corrected chi connectivity index (χ4v) is 3.73. The van der Waals surface area contributed by atoms with Gasteiger partial charge in [-0.25, -0.2) is 5.48 Å². The monoisotopic (exact) mass is 467 g/mol. The molecular formula is C22H24F3N3O5. The first-order valence-electron chi connectivity index (χ1n) is 10.2. The third kappa shape index (κ3) is 6.59. The minimum atomic E-state index is -4.76. The summed E-state index contributed by atoms with van der Waals surface area (Å²) in [7, 11) is 0. The molecule has 1 heterocycles. The number of nitrogens with zero attached hydrogens (tertiary/aromatic N) is 2. The predicted molar refractivity (Wildman–Crippen MR) is 111 cm³/mol. The molecule has 2 aromatic carbocycles. The number of halogens is 3. The van der Waals surface area contributed by atoms with Crippen molar-refractivity contribution in [2.45, 2.75) is 18.9 Å². The molecule has 1 saturated heterocycles. The van der Waals surface area contributed by atoms with Crippen LogP contribution in [0.5, 0.6) is 5.75 Å². The van der Waals surface area contributed by atoms with Crippen LogP contribution in [0.4, 0.5) is 18.9 Å². The quantitative estimate of drug-likeness (QED) is 0.425. The summed E-state index contributed by atoms with van der Waals surface area (Å²) in [5, 5.41) is 19.2. The van der Waals surface area contributed by atoms with Crippen LogP contribution in [0, 0.1) is 5.92 Å². The zero-order valence-electron chi connectivity index (χ0n) is 17.5. The van der Waals surface area contributed by atoms with Crippen molar-refractivity contribution in [3.8, 4) is 5.75 Å². The second kappa shape index (κ2) is 10.5. The Morgan fingerprint density at radius 1 is 1.00 bits per heavy atom. The van der Waals surface area contributed by atoms with Gasteiger partial charge in [0.1, 0.15) is 11.9 Å². The summed E-state index contributed by atoms with van der Waals surface area (Å²) in [6.07, 6.45) is -6.39. The lowest BCUT2D eigenvalue weighted by Crippen LogP contribution is -2.53. The number of carbonyl (C=O) groups excluding carboxylic acids is 2. The molecule has 11 heteroatoms. The number of carbonyl (C=O) groups is 2.